The van der Waals surface area contributed by atoms with Crippen LogP contribution in [0.25, 0.3) is 0 Å². The maximum Gasteiger partial charge on any atom is 0.258 e. The molecule has 2 aromatic rings. The fourth-order valence-corrected chi connectivity index (χ4v) is 3.39. The van der Waals surface area contributed by atoms with Crippen molar-refractivity contribution in [2.45, 2.75) is 39.5 Å². The van der Waals surface area contributed by atoms with E-state index >= 15 is 0 Å². The van der Waals surface area contributed by atoms with E-state index in [1.165, 1.54) is 16.7 Å². The average Bonchev–Trinajstić information content (AvgIpc) is 2.61. The third-order valence-electron chi connectivity index (χ3n) is 4.85. The van der Waals surface area contributed by atoms with E-state index in [2.05, 4.69) is 39.0 Å². The van der Waals surface area contributed by atoms with Crippen molar-refractivity contribution in [3.05, 3.63) is 58.7 Å². The van der Waals surface area contributed by atoms with Crippen LogP contribution < -0.4 is 9.64 Å². The van der Waals surface area contributed by atoms with Crippen LogP contribution in [0.1, 0.15) is 53.2 Å². The number of rotatable bonds is 3. The van der Waals surface area contributed by atoms with Crippen LogP contribution in [0.5, 0.6) is 5.75 Å². The highest BCUT2D eigenvalue weighted by atomic mass is 16.5. The predicted octanol–water partition coefficient (Wildman–Crippen LogP) is 4.72. The van der Waals surface area contributed by atoms with Crippen LogP contribution in [0.15, 0.2) is 36.4 Å². The van der Waals surface area contributed by atoms with Crippen LogP contribution in [0.3, 0.4) is 0 Å². The molecule has 0 unspecified atom stereocenters. The Morgan fingerprint density at radius 1 is 1.12 bits per heavy atom. The number of amides is 1. The van der Waals surface area contributed by atoms with Gasteiger partial charge in [-0.05, 0) is 60.6 Å². The van der Waals surface area contributed by atoms with Crippen molar-refractivity contribution in [2.24, 2.45) is 0 Å². The van der Waals surface area contributed by atoms with Gasteiger partial charge in [-0.2, -0.15) is 0 Å². The van der Waals surface area contributed by atoms with Gasteiger partial charge in [0.25, 0.3) is 5.91 Å². The maximum absolute atomic E-state index is 13.1. The molecule has 1 aliphatic heterocycles. The minimum atomic E-state index is 0.0511. The summed E-state index contributed by atoms with van der Waals surface area (Å²) in [5.74, 6) is 1.30. The number of benzene rings is 2. The monoisotopic (exact) mass is 323 g/mol. The molecule has 1 heterocycles. The van der Waals surface area contributed by atoms with E-state index in [9.17, 15) is 4.79 Å². The molecular weight excluding hydrogens is 298 g/mol. The minimum Gasteiger partial charge on any atom is -0.495 e. The molecule has 2 aromatic carbocycles. The average molecular weight is 323 g/mol. The highest BCUT2D eigenvalue weighted by Gasteiger charge is 2.27. The van der Waals surface area contributed by atoms with Crippen LogP contribution >= 0.6 is 0 Å². The van der Waals surface area contributed by atoms with Gasteiger partial charge < -0.3 is 9.64 Å². The highest BCUT2D eigenvalue weighted by Crippen LogP contribution is 2.38. The van der Waals surface area contributed by atoms with Crippen molar-refractivity contribution in [3.8, 4) is 5.75 Å². The lowest BCUT2D eigenvalue weighted by atomic mass is 9.95. The van der Waals surface area contributed by atoms with Gasteiger partial charge in [0.15, 0.2) is 0 Å². The van der Waals surface area contributed by atoms with E-state index in [4.69, 9.17) is 4.74 Å². The van der Waals surface area contributed by atoms with Crippen molar-refractivity contribution in [3.63, 3.8) is 0 Å². The predicted molar refractivity (Wildman–Crippen MR) is 98.3 cm³/mol. The van der Waals surface area contributed by atoms with Gasteiger partial charge in [0.2, 0.25) is 0 Å². The van der Waals surface area contributed by atoms with Gasteiger partial charge in [-0.3, -0.25) is 4.79 Å². The molecule has 0 atom stereocenters. The Hall–Kier alpha value is -2.29. The molecule has 3 heteroatoms. The van der Waals surface area contributed by atoms with Crippen molar-refractivity contribution >= 4 is 11.6 Å². The number of hydrogen-bond acceptors (Lipinski definition) is 2. The largest absolute Gasteiger partial charge is 0.495 e. The Kier molecular flexibility index (Phi) is 4.61. The van der Waals surface area contributed by atoms with Crippen LogP contribution in [0.2, 0.25) is 0 Å². The Balaban J connectivity index is 1.99. The number of carbonyl (C=O) groups excluding carboxylic acids is 1. The lowest BCUT2D eigenvalue weighted by Gasteiger charge is -2.32. The summed E-state index contributed by atoms with van der Waals surface area (Å²) >= 11 is 0. The quantitative estimate of drug-likeness (QED) is 0.818. The van der Waals surface area contributed by atoms with E-state index in [0.717, 1.165) is 36.4 Å². The summed E-state index contributed by atoms with van der Waals surface area (Å²) in [6.45, 7) is 7.15. The summed E-state index contributed by atoms with van der Waals surface area (Å²) in [6.07, 6.45) is 1.98. The normalized spacial score (nSPS) is 13.8. The van der Waals surface area contributed by atoms with E-state index in [1.54, 1.807) is 7.11 Å². The second kappa shape index (κ2) is 6.68. The molecule has 0 N–H and O–H groups in total. The third kappa shape index (κ3) is 2.91. The number of methoxy groups -OCH3 is 1. The molecule has 0 saturated carbocycles. The fourth-order valence-electron chi connectivity index (χ4n) is 3.39. The summed E-state index contributed by atoms with van der Waals surface area (Å²) in [5.41, 5.74) is 5.38. The summed E-state index contributed by atoms with van der Waals surface area (Å²) in [6, 6.07) is 12.0. The number of nitrogens with zero attached hydrogens (tertiary/aromatic N) is 1. The molecule has 0 fully saturated rings. The lowest BCUT2D eigenvalue weighted by molar-refractivity contribution is 0.0984. The Morgan fingerprint density at radius 2 is 1.83 bits per heavy atom. The van der Waals surface area contributed by atoms with Crippen molar-refractivity contribution in [1.29, 1.82) is 0 Å². The summed E-state index contributed by atoms with van der Waals surface area (Å²) < 4.78 is 5.54. The molecule has 3 nitrogen and oxygen atoms in total. The van der Waals surface area contributed by atoms with E-state index in [-0.39, 0.29) is 5.91 Å². The molecule has 0 aromatic heterocycles. The van der Waals surface area contributed by atoms with Crippen LogP contribution in [-0.4, -0.2) is 19.6 Å². The second-order valence-corrected chi connectivity index (χ2v) is 6.75. The molecule has 126 valence electrons. The molecule has 0 aliphatic carbocycles. The highest BCUT2D eigenvalue weighted by molar-refractivity contribution is 6.07. The Labute approximate surface area is 144 Å². The van der Waals surface area contributed by atoms with E-state index in [0.29, 0.717) is 5.92 Å². The lowest BCUT2D eigenvalue weighted by Crippen LogP contribution is -2.36. The molecule has 0 bridgehead atoms. The zero-order valence-electron chi connectivity index (χ0n) is 14.9. The zero-order chi connectivity index (χ0) is 17.3. The smallest absolute Gasteiger partial charge is 0.258 e. The van der Waals surface area contributed by atoms with Crippen LogP contribution in [0.4, 0.5) is 5.69 Å². The van der Waals surface area contributed by atoms with Gasteiger partial charge in [0, 0.05) is 12.1 Å². The molecule has 0 radical (unpaired) electrons. The first-order valence-corrected chi connectivity index (χ1v) is 8.61. The van der Waals surface area contributed by atoms with Crippen molar-refractivity contribution < 1.29 is 9.53 Å². The van der Waals surface area contributed by atoms with Gasteiger partial charge in [-0.1, -0.05) is 32.0 Å². The first-order valence-electron chi connectivity index (χ1n) is 8.61. The number of carbonyl (C=O) groups is 1. The Morgan fingerprint density at radius 3 is 2.46 bits per heavy atom. The maximum atomic E-state index is 13.1. The van der Waals surface area contributed by atoms with Gasteiger partial charge in [0.1, 0.15) is 5.75 Å². The Bertz CT molecular complexity index is 747. The number of hydrogen-bond donors (Lipinski definition) is 0. The minimum absolute atomic E-state index is 0.0511. The molecule has 24 heavy (non-hydrogen) atoms. The molecule has 1 amide bonds. The van der Waals surface area contributed by atoms with Gasteiger partial charge in [-0.25, -0.2) is 0 Å². The third-order valence-corrected chi connectivity index (χ3v) is 4.85. The fraction of sp³-hybridized carbons (Fsp3) is 0.381. The van der Waals surface area contributed by atoms with E-state index < -0.39 is 0 Å². The van der Waals surface area contributed by atoms with Gasteiger partial charge in [0.05, 0.1) is 12.8 Å². The molecule has 3 rings (SSSR count). The van der Waals surface area contributed by atoms with Gasteiger partial charge >= 0.3 is 0 Å². The van der Waals surface area contributed by atoms with Crippen LogP contribution in [-0.2, 0) is 6.42 Å². The molecular formula is C21H25NO2. The second-order valence-electron chi connectivity index (χ2n) is 6.75. The number of aryl methyl sites for hydroxylation is 1. The van der Waals surface area contributed by atoms with Crippen LogP contribution in [0, 0.1) is 6.92 Å². The molecule has 0 spiro atoms. The SMILES string of the molecule is COc1ccc(C)c2c1N(C(=O)c1ccc(C(C)C)cc1)CCC2. The molecule has 1 aliphatic rings. The topological polar surface area (TPSA) is 29.5 Å². The van der Waals surface area contributed by atoms with Gasteiger partial charge in [-0.15, -0.1) is 0 Å². The first kappa shape index (κ1) is 16.6. The summed E-state index contributed by atoms with van der Waals surface area (Å²) in [7, 11) is 1.67. The summed E-state index contributed by atoms with van der Waals surface area (Å²) in [5, 5.41) is 0. The van der Waals surface area contributed by atoms with Crippen molar-refractivity contribution in [1.82, 2.24) is 0 Å². The summed E-state index contributed by atoms with van der Waals surface area (Å²) in [4.78, 5) is 15.0. The standard InChI is InChI=1S/C21H25NO2/c1-14(2)16-8-10-17(11-9-16)21(23)22-13-5-6-18-15(3)7-12-19(24-4)20(18)22/h7-12,14H,5-6,13H2,1-4H3. The zero-order valence-corrected chi connectivity index (χ0v) is 14.9. The molecule has 0 saturated heterocycles. The number of anilines is 1. The van der Waals surface area contributed by atoms with E-state index in [1.807, 2.05) is 23.1 Å². The number of fused-ring (bicyclic) bond motifs is 1. The van der Waals surface area contributed by atoms with Crippen molar-refractivity contribution in [2.75, 3.05) is 18.6 Å². The first-order chi connectivity index (χ1) is 11.5. The number of ether oxygens (including phenoxy) is 1.